The number of carbonyl (C=O) groups excluding carboxylic acids is 2. The molecule has 0 fully saturated rings. The predicted octanol–water partition coefficient (Wildman–Crippen LogP) is 3.96. The molecule has 0 saturated carbocycles. The number of hydrogen-bond acceptors (Lipinski definition) is 3. The number of nitrogens with one attached hydrogen (secondary N) is 2. The Morgan fingerprint density at radius 3 is 2.52 bits per heavy atom. The molecule has 0 aliphatic rings. The topological polar surface area (TPSA) is 71.1 Å². The Balaban J connectivity index is 1.55. The van der Waals surface area contributed by atoms with E-state index in [0.717, 1.165) is 15.6 Å². The van der Waals surface area contributed by atoms with Crippen molar-refractivity contribution < 1.29 is 9.59 Å². The Morgan fingerprint density at radius 2 is 1.78 bits per heavy atom. The molecule has 6 heteroatoms. The molecular weight excluding hydrogens is 406 g/mol. The minimum Gasteiger partial charge on any atom is -0.352 e. The van der Waals surface area contributed by atoms with E-state index in [9.17, 15) is 9.59 Å². The highest BCUT2D eigenvalue weighted by Gasteiger charge is 2.07. The lowest BCUT2D eigenvalue weighted by atomic mass is 10.1. The SMILES string of the molecule is O=C(Cc1ccc(Br)cc1)NCc1cccc(NC(=O)c2cccnc2)c1. The highest BCUT2D eigenvalue weighted by atomic mass is 79.9. The van der Waals surface area contributed by atoms with Crippen molar-refractivity contribution >= 4 is 33.4 Å². The molecule has 5 nitrogen and oxygen atoms in total. The zero-order chi connectivity index (χ0) is 19.1. The summed E-state index contributed by atoms with van der Waals surface area (Å²) in [4.78, 5) is 28.3. The molecule has 0 bridgehead atoms. The Hall–Kier alpha value is -2.99. The van der Waals surface area contributed by atoms with Crippen LogP contribution in [0, 0.1) is 0 Å². The highest BCUT2D eigenvalue weighted by Crippen LogP contribution is 2.13. The lowest BCUT2D eigenvalue weighted by Crippen LogP contribution is -2.24. The second kappa shape index (κ2) is 9.09. The predicted molar refractivity (Wildman–Crippen MR) is 108 cm³/mol. The number of benzene rings is 2. The van der Waals surface area contributed by atoms with Crippen molar-refractivity contribution in [3.05, 3.63) is 94.2 Å². The Labute approximate surface area is 166 Å². The molecule has 0 aliphatic carbocycles. The van der Waals surface area contributed by atoms with Crippen LogP contribution < -0.4 is 10.6 Å². The number of hydrogen-bond donors (Lipinski definition) is 2. The largest absolute Gasteiger partial charge is 0.352 e. The van der Waals surface area contributed by atoms with Crippen LogP contribution in [0.1, 0.15) is 21.5 Å². The van der Waals surface area contributed by atoms with Gasteiger partial charge in [-0.05, 0) is 47.5 Å². The number of aromatic nitrogens is 1. The summed E-state index contributed by atoms with van der Waals surface area (Å²) < 4.78 is 0.983. The van der Waals surface area contributed by atoms with Gasteiger partial charge < -0.3 is 10.6 Å². The van der Waals surface area contributed by atoms with Gasteiger partial charge in [0, 0.05) is 29.1 Å². The summed E-state index contributed by atoms with van der Waals surface area (Å²) in [5.74, 6) is -0.276. The van der Waals surface area contributed by atoms with Gasteiger partial charge in [-0.25, -0.2) is 0 Å². The number of nitrogens with zero attached hydrogens (tertiary/aromatic N) is 1. The van der Waals surface area contributed by atoms with Crippen LogP contribution in [0.4, 0.5) is 5.69 Å². The third kappa shape index (κ3) is 5.76. The van der Waals surface area contributed by atoms with Gasteiger partial charge in [-0.1, -0.05) is 40.2 Å². The first-order chi connectivity index (χ1) is 13.1. The van der Waals surface area contributed by atoms with Crippen molar-refractivity contribution in [2.45, 2.75) is 13.0 Å². The first-order valence-corrected chi connectivity index (χ1v) is 9.21. The summed E-state index contributed by atoms with van der Waals surface area (Å²) >= 11 is 3.38. The van der Waals surface area contributed by atoms with Crippen molar-refractivity contribution in [3.8, 4) is 0 Å². The van der Waals surface area contributed by atoms with Crippen LogP contribution in [0.25, 0.3) is 0 Å². The summed E-state index contributed by atoms with van der Waals surface area (Å²) in [6.07, 6.45) is 3.46. The molecule has 1 aromatic heterocycles. The summed E-state index contributed by atoms with van der Waals surface area (Å²) in [6, 6.07) is 18.5. The van der Waals surface area contributed by atoms with Crippen LogP contribution in [0.3, 0.4) is 0 Å². The molecule has 136 valence electrons. The van der Waals surface area contributed by atoms with E-state index in [2.05, 4.69) is 31.5 Å². The lowest BCUT2D eigenvalue weighted by molar-refractivity contribution is -0.120. The van der Waals surface area contributed by atoms with Crippen molar-refractivity contribution in [1.29, 1.82) is 0 Å². The van der Waals surface area contributed by atoms with E-state index in [1.54, 1.807) is 24.4 Å². The summed E-state index contributed by atoms with van der Waals surface area (Å²) in [5.41, 5.74) is 3.02. The zero-order valence-corrected chi connectivity index (χ0v) is 16.1. The van der Waals surface area contributed by atoms with Gasteiger partial charge in [0.1, 0.15) is 0 Å². The third-order valence-electron chi connectivity index (χ3n) is 3.88. The molecule has 0 spiro atoms. The van der Waals surface area contributed by atoms with Gasteiger partial charge >= 0.3 is 0 Å². The molecule has 0 radical (unpaired) electrons. The van der Waals surface area contributed by atoms with Gasteiger partial charge in [-0.15, -0.1) is 0 Å². The van der Waals surface area contributed by atoms with Gasteiger partial charge in [-0.2, -0.15) is 0 Å². The van der Waals surface area contributed by atoms with Crippen LogP contribution in [-0.2, 0) is 17.8 Å². The maximum absolute atomic E-state index is 12.2. The molecule has 0 saturated heterocycles. The van der Waals surface area contributed by atoms with Crippen molar-refractivity contribution in [1.82, 2.24) is 10.3 Å². The minimum absolute atomic E-state index is 0.0536. The van der Waals surface area contributed by atoms with E-state index in [1.165, 1.54) is 6.20 Å². The maximum atomic E-state index is 12.2. The van der Waals surface area contributed by atoms with E-state index in [-0.39, 0.29) is 11.8 Å². The van der Waals surface area contributed by atoms with E-state index < -0.39 is 0 Å². The summed E-state index contributed by atoms with van der Waals surface area (Å²) in [7, 11) is 0. The standard InChI is InChI=1S/C21H18BrN3O2/c22-18-8-6-15(7-9-18)12-20(26)24-13-16-3-1-5-19(11-16)25-21(27)17-4-2-10-23-14-17/h1-11,14H,12-13H2,(H,24,26)(H,25,27). The molecule has 0 atom stereocenters. The number of amides is 2. The number of rotatable bonds is 6. The molecular formula is C21H18BrN3O2. The van der Waals surface area contributed by atoms with Gasteiger partial charge in [0.25, 0.3) is 5.91 Å². The van der Waals surface area contributed by atoms with Crippen LogP contribution in [-0.4, -0.2) is 16.8 Å². The fraction of sp³-hybridized carbons (Fsp3) is 0.0952. The molecule has 2 amide bonds. The number of halogens is 1. The Bertz CT molecular complexity index is 928. The van der Waals surface area contributed by atoms with Crippen molar-refractivity contribution in [2.75, 3.05) is 5.32 Å². The molecule has 27 heavy (non-hydrogen) atoms. The molecule has 3 aromatic rings. The monoisotopic (exact) mass is 423 g/mol. The van der Waals surface area contributed by atoms with E-state index >= 15 is 0 Å². The minimum atomic E-state index is -0.223. The van der Waals surface area contributed by atoms with Gasteiger partial charge in [0.15, 0.2) is 0 Å². The number of pyridine rings is 1. The fourth-order valence-corrected chi connectivity index (χ4v) is 2.77. The van der Waals surface area contributed by atoms with E-state index in [0.29, 0.717) is 24.2 Å². The maximum Gasteiger partial charge on any atom is 0.257 e. The van der Waals surface area contributed by atoms with Crippen LogP contribution >= 0.6 is 15.9 Å². The lowest BCUT2D eigenvalue weighted by Gasteiger charge is -2.09. The first-order valence-electron chi connectivity index (χ1n) is 8.41. The van der Waals surface area contributed by atoms with Crippen molar-refractivity contribution in [2.24, 2.45) is 0 Å². The molecule has 2 N–H and O–H groups in total. The number of carbonyl (C=O) groups is 2. The fourth-order valence-electron chi connectivity index (χ4n) is 2.51. The zero-order valence-electron chi connectivity index (χ0n) is 14.5. The number of anilines is 1. The van der Waals surface area contributed by atoms with E-state index in [4.69, 9.17) is 0 Å². The van der Waals surface area contributed by atoms with Crippen molar-refractivity contribution in [3.63, 3.8) is 0 Å². The van der Waals surface area contributed by atoms with Gasteiger partial charge in [0.2, 0.25) is 5.91 Å². The normalized spacial score (nSPS) is 10.3. The van der Waals surface area contributed by atoms with E-state index in [1.807, 2.05) is 42.5 Å². The molecule has 0 aliphatic heterocycles. The second-order valence-electron chi connectivity index (χ2n) is 5.98. The van der Waals surface area contributed by atoms with Crippen LogP contribution in [0.2, 0.25) is 0 Å². The second-order valence-corrected chi connectivity index (χ2v) is 6.89. The summed E-state index contributed by atoms with van der Waals surface area (Å²) in [6.45, 7) is 0.395. The summed E-state index contributed by atoms with van der Waals surface area (Å²) in [5, 5.41) is 5.74. The first kappa shape index (κ1) is 18.8. The quantitative estimate of drug-likeness (QED) is 0.630. The molecule has 3 rings (SSSR count). The van der Waals surface area contributed by atoms with Crippen LogP contribution in [0.15, 0.2) is 77.5 Å². The molecule has 0 unspecified atom stereocenters. The smallest absolute Gasteiger partial charge is 0.257 e. The van der Waals surface area contributed by atoms with Gasteiger partial charge in [-0.3, -0.25) is 14.6 Å². The third-order valence-corrected chi connectivity index (χ3v) is 4.40. The Kier molecular flexibility index (Phi) is 6.33. The molecule has 2 aromatic carbocycles. The average molecular weight is 424 g/mol. The average Bonchev–Trinajstić information content (AvgIpc) is 2.69. The molecule has 1 heterocycles. The van der Waals surface area contributed by atoms with Crippen LogP contribution in [0.5, 0.6) is 0 Å². The Morgan fingerprint density at radius 1 is 0.963 bits per heavy atom. The highest BCUT2D eigenvalue weighted by molar-refractivity contribution is 9.10. The van der Waals surface area contributed by atoms with Gasteiger partial charge in [0.05, 0.1) is 12.0 Å².